The van der Waals surface area contributed by atoms with Gasteiger partial charge in [-0.05, 0) is 67.0 Å². The molecule has 0 saturated heterocycles. The van der Waals surface area contributed by atoms with Crippen LogP contribution in [0.25, 0.3) is 0 Å². The minimum Gasteiger partial charge on any atom is -0.331 e. The average molecular weight is 446 g/mol. The number of hydrazone groups is 1. The lowest BCUT2D eigenvalue weighted by Gasteiger charge is -2.14. The van der Waals surface area contributed by atoms with Gasteiger partial charge in [0.25, 0.3) is 5.91 Å². The summed E-state index contributed by atoms with van der Waals surface area (Å²) in [6.45, 7) is 6.62. The summed E-state index contributed by atoms with van der Waals surface area (Å²) in [5, 5.41) is 12.4. The van der Waals surface area contributed by atoms with E-state index in [0.717, 1.165) is 16.8 Å². The van der Waals surface area contributed by atoms with Crippen molar-refractivity contribution in [3.63, 3.8) is 0 Å². The summed E-state index contributed by atoms with van der Waals surface area (Å²) in [7, 11) is -3.76. The van der Waals surface area contributed by atoms with Crippen molar-refractivity contribution in [3.05, 3.63) is 53.6 Å². The summed E-state index contributed by atoms with van der Waals surface area (Å²) in [5.41, 5.74) is 6.25. The molecular weight excluding hydrogens is 422 g/mol. The van der Waals surface area contributed by atoms with Crippen LogP contribution in [0.5, 0.6) is 0 Å². The smallest absolute Gasteiger partial charge is 0.279 e. The largest absolute Gasteiger partial charge is 0.331 e. The number of likely N-dealkylation sites (N-methyl/N-ethyl adjacent to an activating group) is 1. The number of rotatable bonds is 5. The molecule has 0 saturated carbocycles. The Balaban J connectivity index is 1.79. The Morgan fingerprint density at radius 1 is 1.20 bits per heavy atom. The highest BCUT2D eigenvalue weighted by Gasteiger charge is 2.33. The topological polar surface area (TPSA) is 117 Å². The van der Waals surface area contributed by atoms with Gasteiger partial charge in [-0.3, -0.25) is 10.2 Å². The number of nitrogens with zero attached hydrogens (tertiary/aromatic N) is 2. The molecule has 0 fully saturated rings. The van der Waals surface area contributed by atoms with Crippen LogP contribution in [-0.2, 0) is 14.8 Å². The molecule has 2 aromatic carbocycles. The normalized spacial score (nSPS) is 14.9. The molecule has 2 aromatic rings. The fourth-order valence-corrected chi connectivity index (χ4v) is 3.78. The van der Waals surface area contributed by atoms with Gasteiger partial charge in [0.05, 0.1) is 10.6 Å². The second-order valence-electron chi connectivity index (χ2n) is 7.08. The molecular formula is C20H23N5O3S2. The minimum absolute atomic E-state index is 0.000874. The first-order valence-electron chi connectivity index (χ1n) is 9.35. The average Bonchev–Trinajstić information content (AvgIpc) is 2.95. The van der Waals surface area contributed by atoms with Crippen molar-refractivity contribution in [3.8, 4) is 0 Å². The molecule has 0 atom stereocenters. The van der Waals surface area contributed by atoms with Gasteiger partial charge in [-0.25, -0.2) is 13.6 Å². The number of hydrogen-bond acceptors (Lipinski definition) is 5. The molecule has 1 heterocycles. The Labute approximate surface area is 181 Å². The third kappa shape index (κ3) is 4.50. The molecule has 0 spiro atoms. The summed E-state index contributed by atoms with van der Waals surface area (Å²) in [6.07, 6.45) is 0. The second kappa shape index (κ2) is 8.50. The Morgan fingerprint density at radius 3 is 2.43 bits per heavy atom. The van der Waals surface area contributed by atoms with Crippen LogP contribution in [-0.4, -0.2) is 31.7 Å². The number of fused-ring (bicyclic) bond motifs is 1. The fourth-order valence-electron chi connectivity index (χ4n) is 3.11. The fraction of sp³-hybridized carbons (Fsp3) is 0.250. The van der Waals surface area contributed by atoms with Gasteiger partial charge in [-0.2, -0.15) is 5.10 Å². The van der Waals surface area contributed by atoms with E-state index >= 15 is 0 Å². The van der Waals surface area contributed by atoms with E-state index in [-0.39, 0.29) is 15.9 Å². The minimum atomic E-state index is -3.76. The maximum Gasteiger partial charge on any atom is 0.279 e. The van der Waals surface area contributed by atoms with Crippen LogP contribution in [0.4, 0.5) is 11.4 Å². The number of carbonyl (C=O) groups is 1. The van der Waals surface area contributed by atoms with E-state index in [0.29, 0.717) is 23.9 Å². The van der Waals surface area contributed by atoms with Gasteiger partial charge >= 0.3 is 0 Å². The van der Waals surface area contributed by atoms with E-state index in [1.807, 2.05) is 25.1 Å². The summed E-state index contributed by atoms with van der Waals surface area (Å²) >= 11 is 5.24. The molecule has 1 aliphatic rings. The molecule has 30 heavy (non-hydrogen) atoms. The van der Waals surface area contributed by atoms with E-state index in [2.05, 4.69) is 29.7 Å². The highest BCUT2D eigenvalue weighted by atomic mass is 32.2. The molecule has 158 valence electrons. The number of nitrogens with two attached hydrogens (primary N) is 1. The number of hydrogen-bond donors (Lipinski definition) is 3. The predicted molar refractivity (Wildman–Crippen MR) is 122 cm³/mol. The number of carbonyl (C=O) groups excluding carboxylic acids is 1. The van der Waals surface area contributed by atoms with Crippen LogP contribution >= 0.6 is 12.2 Å². The van der Waals surface area contributed by atoms with Crippen LogP contribution in [0.1, 0.15) is 37.8 Å². The highest BCUT2D eigenvalue weighted by molar-refractivity contribution is 7.89. The maximum absolute atomic E-state index is 12.8. The number of anilines is 2. The number of thiocarbonyl (C=S) groups is 1. The van der Waals surface area contributed by atoms with Crippen LogP contribution < -0.4 is 20.8 Å². The first kappa shape index (κ1) is 21.9. The molecule has 4 N–H and O–H groups in total. The van der Waals surface area contributed by atoms with Gasteiger partial charge in [-0.1, -0.05) is 19.9 Å². The third-order valence-corrected chi connectivity index (χ3v) is 5.83. The molecule has 8 nitrogen and oxygen atoms in total. The van der Waals surface area contributed by atoms with Gasteiger partial charge in [0.15, 0.2) is 10.8 Å². The van der Waals surface area contributed by atoms with E-state index in [9.17, 15) is 13.2 Å². The van der Waals surface area contributed by atoms with Gasteiger partial charge in [0.2, 0.25) is 10.0 Å². The van der Waals surface area contributed by atoms with E-state index in [1.165, 1.54) is 24.3 Å². The van der Waals surface area contributed by atoms with E-state index in [1.54, 1.807) is 4.90 Å². The first-order chi connectivity index (χ1) is 14.1. The van der Waals surface area contributed by atoms with Crippen LogP contribution in [0.2, 0.25) is 0 Å². The molecule has 1 aliphatic heterocycles. The summed E-state index contributed by atoms with van der Waals surface area (Å²) in [5.74, 6) is 0.125. The van der Waals surface area contributed by atoms with E-state index < -0.39 is 10.0 Å². The van der Waals surface area contributed by atoms with Gasteiger partial charge in [0, 0.05) is 17.8 Å². The zero-order chi connectivity index (χ0) is 22.1. The third-order valence-electron chi connectivity index (χ3n) is 4.71. The lowest BCUT2D eigenvalue weighted by atomic mass is 9.99. The SMILES string of the molecule is CCN1C(=O)C(=NNC(=S)Nc2ccc(S(N)(=O)=O)cc2)c2cc(C(C)C)ccc21. The van der Waals surface area contributed by atoms with Crippen LogP contribution in [0.3, 0.4) is 0 Å². The van der Waals surface area contributed by atoms with Crippen molar-refractivity contribution < 1.29 is 13.2 Å². The second-order valence-corrected chi connectivity index (χ2v) is 9.05. The lowest BCUT2D eigenvalue weighted by Crippen LogP contribution is -2.32. The number of sulfonamides is 1. The van der Waals surface area contributed by atoms with Crippen molar-refractivity contribution in [2.24, 2.45) is 10.2 Å². The highest BCUT2D eigenvalue weighted by Crippen LogP contribution is 2.31. The summed E-state index contributed by atoms with van der Waals surface area (Å²) < 4.78 is 22.7. The Kier molecular flexibility index (Phi) is 6.20. The Bertz CT molecular complexity index is 1130. The molecule has 0 radical (unpaired) electrons. The number of primary sulfonamides is 1. The molecule has 10 heteroatoms. The van der Waals surface area contributed by atoms with Crippen LogP contribution in [0.15, 0.2) is 52.5 Å². The lowest BCUT2D eigenvalue weighted by molar-refractivity contribution is -0.112. The molecule has 0 unspecified atom stereocenters. The van der Waals surface area contributed by atoms with Gasteiger partial charge in [0.1, 0.15) is 0 Å². The first-order valence-corrected chi connectivity index (χ1v) is 11.3. The molecule has 3 rings (SSSR count). The van der Waals surface area contributed by atoms with E-state index in [4.69, 9.17) is 17.4 Å². The zero-order valence-electron chi connectivity index (χ0n) is 16.8. The van der Waals surface area contributed by atoms with Crippen molar-refractivity contribution in [2.45, 2.75) is 31.6 Å². The predicted octanol–water partition coefficient (Wildman–Crippen LogP) is 2.51. The van der Waals surface area contributed by atoms with Crippen molar-refractivity contribution >= 4 is 50.3 Å². The quantitative estimate of drug-likeness (QED) is 0.481. The number of benzene rings is 2. The van der Waals surface area contributed by atoms with Gasteiger partial charge in [-0.15, -0.1) is 0 Å². The van der Waals surface area contributed by atoms with Crippen LogP contribution in [0, 0.1) is 0 Å². The Hall–Kier alpha value is -2.82. The maximum atomic E-state index is 12.8. The molecule has 0 bridgehead atoms. The number of nitrogens with one attached hydrogen (secondary N) is 2. The van der Waals surface area contributed by atoms with Crippen molar-refractivity contribution in [1.82, 2.24) is 5.43 Å². The molecule has 0 aliphatic carbocycles. The number of amides is 1. The summed E-state index contributed by atoms with van der Waals surface area (Å²) in [4.78, 5) is 14.5. The van der Waals surface area contributed by atoms with Gasteiger partial charge < -0.3 is 10.2 Å². The standard InChI is InChI=1S/C20H23N5O3S2/c1-4-25-17-10-5-13(12(2)3)11-16(17)18(19(25)26)23-24-20(29)22-14-6-8-15(9-7-14)30(21,27)28/h5-12H,4H2,1-3H3,(H2,21,27,28)(H2,22,24,29). The molecule has 0 aromatic heterocycles. The monoisotopic (exact) mass is 445 g/mol. The summed E-state index contributed by atoms with van der Waals surface area (Å²) in [6, 6.07) is 11.8. The molecule has 1 amide bonds. The van der Waals surface area contributed by atoms with Crippen molar-refractivity contribution in [2.75, 3.05) is 16.8 Å². The zero-order valence-corrected chi connectivity index (χ0v) is 18.5. The Morgan fingerprint density at radius 2 is 1.87 bits per heavy atom. The van der Waals surface area contributed by atoms with Crippen molar-refractivity contribution in [1.29, 1.82) is 0 Å².